The van der Waals surface area contributed by atoms with Gasteiger partial charge in [-0.15, -0.1) is 0 Å². The lowest BCUT2D eigenvalue weighted by molar-refractivity contribution is -0.129. The van der Waals surface area contributed by atoms with E-state index in [0.29, 0.717) is 18.9 Å². The number of hydrogen-bond acceptors (Lipinski definition) is 4. The maximum atomic E-state index is 12.3. The molecule has 1 fully saturated rings. The predicted octanol–water partition coefficient (Wildman–Crippen LogP) is 3.10. The van der Waals surface area contributed by atoms with Gasteiger partial charge in [-0.3, -0.25) is 4.79 Å². The highest BCUT2D eigenvalue weighted by Crippen LogP contribution is 2.33. The zero-order valence-corrected chi connectivity index (χ0v) is 13.0. The monoisotopic (exact) mass is 299 g/mol. The second kappa shape index (κ2) is 6.30. The normalized spacial score (nSPS) is 19.6. The molecule has 1 aromatic heterocycles. The molecule has 22 heavy (non-hydrogen) atoms. The Hall–Kier alpha value is -2.17. The zero-order valence-electron chi connectivity index (χ0n) is 13.0. The highest BCUT2D eigenvalue weighted by atomic mass is 16.5. The summed E-state index contributed by atoms with van der Waals surface area (Å²) in [7, 11) is 0. The van der Waals surface area contributed by atoms with Gasteiger partial charge in [0.05, 0.1) is 12.0 Å². The molecule has 0 saturated carbocycles. The van der Waals surface area contributed by atoms with Crippen LogP contribution in [0.1, 0.15) is 55.9 Å². The highest BCUT2D eigenvalue weighted by Gasteiger charge is 2.36. The van der Waals surface area contributed by atoms with Crippen molar-refractivity contribution in [1.82, 2.24) is 15.0 Å². The second-order valence-corrected chi connectivity index (χ2v) is 5.83. The summed E-state index contributed by atoms with van der Waals surface area (Å²) in [4.78, 5) is 18.7. The number of carbonyl (C=O) groups excluding carboxylic acids is 1. The molecule has 0 aliphatic carbocycles. The number of amides is 1. The SMILES string of the molecule is CCCc1noc(C2CC(=O)N(C(C)c3ccccc3)C2)n1. The molecule has 2 atom stereocenters. The van der Waals surface area contributed by atoms with E-state index in [1.165, 1.54) is 0 Å². The van der Waals surface area contributed by atoms with Crippen molar-refractivity contribution in [3.05, 3.63) is 47.6 Å². The van der Waals surface area contributed by atoms with E-state index >= 15 is 0 Å². The number of aromatic nitrogens is 2. The topological polar surface area (TPSA) is 59.2 Å². The van der Waals surface area contributed by atoms with Crippen molar-refractivity contribution in [2.24, 2.45) is 0 Å². The molecule has 5 nitrogen and oxygen atoms in total. The summed E-state index contributed by atoms with van der Waals surface area (Å²) in [5.74, 6) is 1.49. The molecule has 2 aromatic rings. The minimum Gasteiger partial charge on any atom is -0.339 e. The van der Waals surface area contributed by atoms with Gasteiger partial charge in [-0.25, -0.2) is 0 Å². The number of carbonyl (C=O) groups is 1. The third-order valence-electron chi connectivity index (χ3n) is 4.21. The van der Waals surface area contributed by atoms with Gasteiger partial charge in [-0.2, -0.15) is 4.98 Å². The van der Waals surface area contributed by atoms with Crippen molar-refractivity contribution in [2.75, 3.05) is 6.54 Å². The first-order chi connectivity index (χ1) is 10.7. The molecule has 2 unspecified atom stereocenters. The standard InChI is InChI=1S/C17H21N3O2/c1-3-7-15-18-17(22-19-15)14-10-16(21)20(11-14)12(2)13-8-5-4-6-9-13/h4-6,8-9,12,14H,3,7,10-11H2,1-2H3. The number of likely N-dealkylation sites (tertiary alicyclic amines) is 1. The van der Waals surface area contributed by atoms with E-state index in [-0.39, 0.29) is 17.9 Å². The van der Waals surface area contributed by atoms with Gasteiger partial charge in [0.25, 0.3) is 0 Å². The summed E-state index contributed by atoms with van der Waals surface area (Å²) < 4.78 is 5.34. The van der Waals surface area contributed by atoms with Crippen LogP contribution in [-0.4, -0.2) is 27.5 Å². The van der Waals surface area contributed by atoms with Crippen molar-refractivity contribution < 1.29 is 9.32 Å². The maximum absolute atomic E-state index is 12.3. The van der Waals surface area contributed by atoms with Crippen LogP contribution in [0.15, 0.2) is 34.9 Å². The number of hydrogen-bond donors (Lipinski definition) is 0. The molecule has 0 spiro atoms. The molecule has 1 amide bonds. The van der Waals surface area contributed by atoms with E-state index in [4.69, 9.17) is 4.52 Å². The van der Waals surface area contributed by atoms with Crippen molar-refractivity contribution in [3.8, 4) is 0 Å². The maximum Gasteiger partial charge on any atom is 0.232 e. The lowest BCUT2D eigenvalue weighted by atomic mass is 10.1. The van der Waals surface area contributed by atoms with Gasteiger partial charge < -0.3 is 9.42 Å². The first-order valence-electron chi connectivity index (χ1n) is 7.86. The Morgan fingerprint density at radius 1 is 1.36 bits per heavy atom. The molecule has 0 radical (unpaired) electrons. The van der Waals surface area contributed by atoms with Gasteiger partial charge >= 0.3 is 0 Å². The molecule has 1 aliphatic heterocycles. The van der Waals surface area contributed by atoms with Crippen LogP contribution in [0.3, 0.4) is 0 Å². The average molecular weight is 299 g/mol. The molecule has 1 saturated heterocycles. The van der Waals surface area contributed by atoms with Crippen LogP contribution < -0.4 is 0 Å². The molecule has 0 bridgehead atoms. The third-order valence-corrected chi connectivity index (χ3v) is 4.21. The van der Waals surface area contributed by atoms with Crippen LogP contribution in [0.2, 0.25) is 0 Å². The van der Waals surface area contributed by atoms with Gasteiger partial charge in [0.2, 0.25) is 11.8 Å². The lowest BCUT2D eigenvalue weighted by Crippen LogP contribution is -2.28. The first kappa shape index (κ1) is 14.8. The van der Waals surface area contributed by atoms with Gasteiger partial charge in [0, 0.05) is 19.4 Å². The summed E-state index contributed by atoms with van der Waals surface area (Å²) in [6.45, 7) is 4.78. The number of rotatable bonds is 5. The van der Waals surface area contributed by atoms with Crippen LogP contribution in [-0.2, 0) is 11.2 Å². The molecule has 3 rings (SSSR count). The first-order valence-corrected chi connectivity index (χ1v) is 7.86. The van der Waals surface area contributed by atoms with E-state index in [1.54, 1.807) is 0 Å². The summed E-state index contributed by atoms with van der Waals surface area (Å²) >= 11 is 0. The number of aryl methyl sites for hydroxylation is 1. The molecular formula is C17H21N3O2. The third kappa shape index (κ3) is 2.89. The predicted molar refractivity (Wildman–Crippen MR) is 82.2 cm³/mol. The van der Waals surface area contributed by atoms with E-state index in [0.717, 1.165) is 24.2 Å². The summed E-state index contributed by atoms with van der Waals surface area (Å²) in [5.41, 5.74) is 1.15. The Balaban J connectivity index is 1.72. The van der Waals surface area contributed by atoms with Crippen LogP contribution >= 0.6 is 0 Å². The number of benzene rings is 1. The minimum absolute atomic E-state index is 0.0109. The van der Waals surface area contributed by atoms with E-state index in [1.807, 2.05) is 23.1 Å². The fourth-order valence-corrected chi connectivity index (χ4v) is 2.94. The average Bonchev–Trinajstić information content (AvgIpc) is 3.14. The van der Waals surface area contributed by atoms with Crippen LogP contribution in [0.4, 0.5) is 0 Å². The summed E-state index contributed by atoms with van der Waals surface area (Å²) in [5, 5.41) is 3.99. The van der Waals surface area contributed by atoms with Gasteiger partial charge in [-0.1, -0.05) is 42.4 Å². The zero-order chi connectivity index (χ0) is 15.5. The molecule has 2 heterocycles. The molecule has 0 N–H and O–H groups in total. The van der Waals surface area contributed by atoms with Crippen molar-refractivity contribution in [2.45, 2.75) is 45.1 Å². The van der Waals surface area contributed by atoms with Crippen molar-refractivity contribution in [3.63, 3.8) is 0 Å². The van der Waals surface area contributed by atoms with E-state index in [9.17, 15) is 4.79 Å². The van der Waals surface area contributed by atoms with Gasteiger partial charge in [0.1, 0.15) is 0 Å². The highest BCUT2D eigenvalue weighted by molar-refractivity contribution is 5.80. The van der Waals surface area contributed by atoms with Crippen molar-refractivity contribution >= 4 is 5.91 Å². The fraction of sp³-hybridized carbons (Fsp3) is 0.471. The molecule has 116 valence electrons. The second-order valence-electron chi connectivity index (χ2n) is 5.83. The smallest absolute Gasteiger partial charge is 0.232 e. The minimum atomic E-state index is 0.0109. The Bertz CT molecular complexity index is 638. The Morgan fingerprint density at radius 2 is 2.14 bits per heavy atom. The fourth-order valence-electron chi connectivity index (χ4n) is 2.94. The lowest BCUT2D eigenvalue weighted by Gasteiger charge is -2.24. The summed E-state index contributed by atoms with van der Waals surface area (Å²) in [6.07, 6.45) is 2.25. The van der Waals surface area contributed by atoms with E-state index in [2.05, 4.69) is 36.1 Å². The largest absolute Gasteiger partial charge is 0.339 e. The molecule has 5 heteroatoms. The van der Waals surface area contributed by atoms with Gasteiger partial charge in [0.15, 0.2) is 5.82 Å². The molecular weight excluding hydrogens is 278 g/mol. The Kier molecular flexibility index (Phi) is 4.22. The molecule has 1 aliphatic rings. The summed E-state index contributed by atoms with van der Waals surface area (Å²) in [6, 6.07) is 10.2. The Morgan fingerprint density at radius 3 is 2.86 bits per heavy atom. The Labute approximate surface area is 130 Å². The van der Waals surface area contributed by atoms with E-state index < -0.39 is 0 Å². The van der Waals surface area contributed by atoms with Gasteiger partial charge in [-0.05, 0) is 18.9 Å². The van der Waals surface area contributed by atoms with Crippen LogP contribution in [0, 0.1) is 0 Å². The van der Waals surface area contributed by atoms with Crippen LogP contribution in [0.5, 0.6) is 0 Å². The number of nitrogens with zero attached hydrogens (tertiary/aromatic N) is 3. The van der Waals surface area contributed by atoms with Crippen LogP contribution in [0.25, 0.3) is 0 Å². The quantitative estimate of drug-likeness (QED) is 0.851. The molecule has 1 aromatic carbocycles. The van der Waals surface area contributed by atoms with Crippen molar-refractivity contribution in [1.29, 1.82) is 0 Å².